The number of benzene rings is 2. The Balaban J connectivity index is 2.23. The van der Waals surface area contributed by atoms with E-state index < -0.39 is 0 Å². The summed E-state index contributed by atoms with van der Waals surface area (Å²) in [5.74, 6) is 0. The highest BCUT2D eigenvalue weighted by Crippen LogP contribution is 2.30. The van der Waals surface area contributed by atoms with E-state index in [-0.39, 0.29) is 0 Å². The molecule has 0 radical (unpaired) electrons. The van der Waals surface area contributed by atoms with Crippen molar-refractivity contribution in [3.8, 4) is 0 Å². The molecule has 2 aromatic carbocycles. The van der Waals surface area contributed by atoms with E-state index in [1.54, 1.807) is 0 Å². The first-order chi connectivity index (χ1) is 9.58. The molecule has 0 spiro atoms. The third kappa shape index (κ3) is 2.03. The molecular weight excluding hydrogens is 242 g/mol. The zero-order valence-corrected chi connectivity index (χ0v) is 12.6. The third-order valence-electron chi connectivity index (χ3n) is 4.17. The summed E-state index contributed by atoms with van der Waals surface area (Å²) in [5, 5.41) is 1.37. The van der Waals surface area contributed by atoms with Crippen LogP contribution in [-0.4, -0.2) is 4.57 Å². The van der Waals surface area contributed by atoms with Crippen LogP contribution in [-0.2, 0) is 0 Å². The molecule has 1 heteroatoms. The standard InChI is InChI=1S/C19H21N/c1-13-10-14(2)18-12-15(3)20(19(18)11-13)16(4)17-8-6-5-7-9-17/h5-12,16H,1-4H3/t16-/m0/s1. The molecule has 1 atom stereocenters. The van der Waals surface area contributed by atoms with Gasteiger partial charge in [-0.25, -0.2) is 0 Å². The predicted molar refractivity (Wildman–Crippen MR) is 86.4 cm³/mol. The van der Waals surface area contributed by atoms with Gasteiger partial charge < -0.3 is 4.57 Å². The predicted octanol–water partition coefficient (Wildman–Crippen LogP) is 5.18. The molecule has 0 saturated carbocycles. The topological polar surface area (TPSA) is 4.93 Å². The lowest BCUT2D eigenvalue weighted by Gasteiger charge is -2.18. The summed E-state index contributed by atoms with van der Waals surface area (Å²) in [6.07, 6.45) is 0. The van der Waals surface area contributed by atoms with Crippen LogP contribution in [0.5, 0.6) is 0 Å². The van der Waals surface area contributed by atoms with Crippen LogP contribution in [0.25, 0.3) is 10.9 Å². The van der Waals surface area contributed by atoms with Crippen molar-refractivity contribution in [2.75, 3.05) is 0 Å². The Bertz CT molecular complexity index is 750. The number of aromatic nitrogens is 1. The number of hydrogen-bond acceptors (Lipinski definition) is 0. The maximum absolute atomic E-state index is 2.45. The molecule has 0 bridgehead atoms. The SMILES string of the molecule is Cc1cc(C)c2cc(C)n([C@@H](C)c3ccccc3)c2c1. The highest BCUT2D eigenvalue weighted by atomic mass is 15.0. The molecule has 1 nitrogen and oxygen atoms in total. The number of hydrogen-bond donors (Lipinski definition) is 0. The fourth-order valence-electron chi connectivity index (χ4n) is 3.21. The lowest BCUT2D eigenvalue weighted by Crippen LogP contribution is -2.08. The lowest BCUT2D eigenvalue weighted by atomic mass is 10.1. The van der Waals surface area contributed by atoms with Crippen LogP contribution in [0.15, 0.2) is 48.5 Å². The van der Waals surface area contributed by atoms with Crippen LogP contribution in [0, 0.1) is 20.8 Å². The zero-order chi connectivity index (χ0) is 14.3. The molecule has 1 heterocycles. The zero-order valence-electron chi connectivity index (χ0n) is 12.6. The fourth-order valence-corrected chi connectivity index (χ4v) is 3.21. The fraction of sp³-hybridized carbons (Fsp3) is 0.263. The number of nitrogens with zero attached hydrogens (tertiary/aromatic N) is 1. The van der Waals surface area contributed by atoms with Crippen molar-refractivity contribution < 1.29 is 0 Å². The molecule has 0 amide bonds. The smallest absolute Gasteiger partial charge is 0.0560 e. The summed E-state index contributed by atoms with van der Waals surface area (Å²) < 4.78 is 2.45. The molecule has 3 rings (SSSR count). The van der Waals surface area contributed by atoms with E-state index in [4.69, 9.17) is 0 Å². The summed E-state index contributed by atoms with van der Waals surface area (Å²) in [4.78, 5) is 0. The molecule has 0 aliphatic rings. The van der Waals surface area contributed by atoms with Crippen LogP contribution in [0.4, 0.5) is 0 Å². The van der Waals surface area contributed by atoms with Crippen LogP contribution in [0.1, 0.15) is 35.3 Å². The van der Waals surface area contributed by atoms with Gasteiger partial charge in [-0.1, -0.05) is 36.4 Å². The quantitative estimate of drug-likeness (QED) is 0.600. The van der Waals surface area contributed by atoms with Crippen molar-refractivity contribution in [1.82, 2.24) is 4.57 Å². The highest BCUT2D eigenvalue weighted by Gasteiger charge is 2.14. The Kier molecular flexibility index (Phi) is 3.13. The minimum atomic E-state index is 0.356. The molecule has 0 aliphatic carbocycles. The van der Waals surface area contributed by atoms with Gasteiger partial charge in [0.15, 0.2) is 0 Å². The average molecular weight is 263 g/mol. The molecule has 1 aromatic heterocycles. The van der Waals surface area contributed by atoms with Crippen molar-refractivity contribution in [2.45, 2.75) is 33.7 Å². The second kappa shape index (κ2) is 4.82. The van der Waals surface area contributed by atoms with Gasteiger partial charge in [-0.05, 0) is 56.5 Å². The van der Waals surface area contributed by atoms with E-state index >= 15 is 0 Å². The summed E-state index contributed by atoms with van der Waals surface area (Å²) in [6, 6.07) is 17.9. The van der Waals surface area contributed by atoms with E-state index in [9.17, 15) is 0 Å². The van der Waals surface area contributed by atoms with Crippen LogP contribution in [0.3, 0.4) is 0 Å². The van der Waals surface area contributed by atoms with Gasteiger partial charge in [0.25, 0.3) is 0 Å². The Morgan fingerprint density at radius 3 is 2.30 bits per heavy atom. The minimum Gasteiger partial charge on any atom is -0.338 e. The molecule has 0 unspecified atom stereocenters. The second-order valence-electron chi connectivity index (χ2n) is 5.76. The van der Waals surface area contributed by atoms with E-state index in [2.05, 4.69) is 80.8 Å². The Morgan fingerprint density at radius 1 is 0.900 bits per heavy atom. The average Bonchev–Trinajstić information content (AvgIpc) is 2.76. The number of aryl methyl sites for hydroxylation is 3. The number of rotatable bonds is 2. The third-order valence-corrected chi connectivity index (χ3v) is 4.17. The molecule has 0 aliphatic heterocycles. The minimum absolute atomic E-state index is 0.356. The lowest BCUT2D eigenvalue weighted by molar-refractivity contribution is 0.646. The first-order valence-electron chi connectivity index (χ1n) is 7.21. The first kappa shape index (κ1) is 13.0. The maximum Gasteiger partial charge on any atom is 0.0560 e. The van der Waals surface area contributed by atoms with Gasteiger partial charge in [-0.15, -0.1) is 0 Å². The maximum atomic E-state index is 2.45. The molecular formula is C19H21N. The highest BCUT2D eigenvalue weighted by molar-refractivity contribution is 5.85. The van der Waals surface area contributed by atoms with Gasteiger partial charge in [0.1, 0.15) is 0 Å². The first-order valence-corrected chi connectivity index (χ1v) is 7.21. The molecule has 20 heavy (non-hydrogen) atoms. The summed E-state index contributed by atoms with van der Waals surface area (Å²) in [6.45, 7) is 8.85. The largest absolute Gasteiger partial charge is 0.338 e. The molecule has 0 N–H and O–H groups in total. The normalized spacial score (nSPS) is 12.8. The van der Waals surface area contributed by atoms with E-state index in [1.165, 1.54) is 33.3 Å². The Morgan fingerprint density at radius 2 is 1.60 bits per heavy atom. The summed E-state index contributed by atoms with van der Waals surface area (Å²) >= 11 is 0. The van der Waals surface area contributed by atoms with Gasteiger partial charge >= 0.3 is 0 Å². The monoisotopic (exact) mass is 263 g/mol. The van der Waals surface area contributed by atoms with E-state index in [1.807, 2.05) is 0 Å². The second-order valence-corrected chi connectivity index (χ2v) is 5.76. The van der Waals surface area contributed by atoms with Crippen molar-refractivity contribution in [3.63, 3.8) is 0 Å². The van der Waals surface area contributed by atoms with Gasteiger partial charge in [0.2, 0.25) is 0 Å². The van der Waals surface area contributed by atoms with Crippen molar-refractivity contribution in [1.29, 1.82) is 0 Å². The molecule has 0 saturated heterocycles. The molecule has 0 fully saturated rings. The number of fused-ring (bicyclic) bond motifs is 1. The van der Waals surface area contributed by atoms with Gasteiger partial charge in [0, 0.05) is 16.6 Å². The van der Waals surface area contributed by atoms with E-state index in [0.717, 1.165) is 0 Å². The molecule has 3 aromatic rings. The van der Waals surface area contributed by atoms with Gasteiger partial charge in [0.05, 0.1) is 6.04 Å². The van der Waals surface area contributed by atoms with Gasteiger partial charge in [-0.3, -0.25) is 0 Å². The van der Waals surface area contributed by atoms with Crippen LogP contribution in [0.2, 0.25) is 0 Å². The van der Waals surface area contributed by atoms with Crippen molar-refractivity contribution >= 4 is 10.9 Å². The molecule has 102 valence electrons. The van der Waals surface area contributed by atoms with Crippen molar-refractivity contribution in [2.24, 2.45) is 0 Å². The van der Waals surface area contributed by atoms with Gasteiger partial charge in [-0.2, -0.15) is 0 Å². The van der Waals surface area contributed by atoms with E-state index in [0.29, 0.717) is 6.04 Å². The Hall–Kier alpha value is -2.02. The van der Waals surface area contributed by atoms with Crippen LogP contribution < -0.4 is 0 Å². The summed E-state index contributed by atoms with van der Waals surface area (Å²) in [7, 11) is 0. The summed E-state index contributed by atoms with van der Waals surface area (Å²) in [5.41, 5.74) is 6.71. The van der Waals surface area contributed by atoms with Crippen molar-refractivity contribution in [3.05, 3.63) is 70.9 Å². The van der Waals surface area contributed by atoms with Crippen LogP contribution >= 0.6 is 0 Å². The Labute approximate surface area is 120 Å².